The van der Waals surface area contributed by atoms with Crippen LogP contribution in [0.5, 0.6) is 0 Å². The van der Waals surface area contributed by atoms with Crippen LogP contribution in [0.1, 0.15) is 31.1 Å². The van der Waals surface area contributed by atoms with E-state index in [4.69, 9.17) is 17.3 Å². The van der Waals surface area contributed by atoms with Crippen LogP contribution < -0.4 is 32.6 Å². The zero-order valence-corrected chi connectivity index (χ0v) is 25.2. The number of hydrogen-bond acceptors (Lipinski definition) is 5. The van der Waals surface area contributed by atoms with Crippen molar-refractivity contribution >= 4 is 28.4 Å². The number of aliphatic hydroxyl groups excluding tert-OH is 1. The summed E-state index contributed by atoms with van der Waals surface area (Å²) < 4.78 is 45.2. The molecule has 0 aliphatic carbocycles. The third kappa shape index (κ3) is 6.06. The molecule has 5 aromatic rings. The molecule has 1 amide bonds. The molecule has 3 aromatic carbocycles. The minimum atomic E-state index is -4.93. The summed E-state index contributed by atoms with van der Waals surface area (Å²) in [5.41, 5.74) is 8.23. The number of nitrogens with two attached hydrogens (primary N) is 1. The van der Waals surface area contributed by atoms with Gasteiger partial charge in [0.2, 0.25) is 5.91 Å². The molecule has 2 atom stereocenters. The topological polar surface area (TPSA) is 121 Å². The van der Waals surface area contributed by atoms with E-state index in [1.165, 1.54) is 10.5 Å². The van der Waals surface area contributed by atoms with Crippen LogP contribution in [0.2, 0.25) is 5.02 Å². The van der Waals surface area contributed by atoms with Gasteiger partial charge in [-0.3, -0.25) is 4.79 Å². The number of alkyl halides is 5. The Balaban J connectivity index is 1.43. The summed E-state index contributed by atoms with van der Waals surface area (Å²) in [6.07, 6.45) is -7.69. The van der Waals surface area contributed by atoms with Crippen molar-refractivity contribution in [3.8, 4) is 11.4 Å². The van der Waals surface area contributed by atoms with Crippen LogP contribution in [-0.4, -0.2) is 51.8 Å². The molecule has 1 saturated heterocycles. The number of carbonyl (C=O) groups excluding carboxylic acids is 1. The minimum absolute atomic E-state index is 0.00108. The Kier molecular flexibility index (Phi) is 7.81. The van der Waals surface area contributed by atoms with Gasteiger partial charge in [-0.1, -0.05) is 29.8 Å². The Bertz CT molecular complexity index is 1900. The maximum absolute atomic E-state index is 13.5. The molecule has 14 heteroatoms. The molecule has 1 aliphatic heterocycles. The van der Waals surface area contributed by atoms with E-state index < -0.39 is 30.4 Å². The number of fused-ring (bicyclic) bond motifs is 1. The van der Waals surface area contributed by atoms with Crippen LogP contribution >= 0.6 is 11.6 Å². The molecule has 1 fully saturated rings. The van der Waals surface area contributed by atoms with Gasteiger partial charge in [0.25, 0.3) is 0 Å². The fraction of sp³-hybridized carbons (Fsp3) is 0.241. The number of nitrogens with zero attached hydrogens (tertiary/aromatic N) is 5. The smallest absolute Gasteiger partial charge is 0.0840 e. The Labute approximate surface area is 257 Å². The second-order valence-corrected chi connectivity index (χ2v) is 13.8. The van der Waals surface area contributed by atoms with Gasteiger partial charge in [-0.25, -0.2) is 0 Å². The zero-order valence-electron chi connectivity index (χ0n) is 22.3. The number of amides is 1. The van der Waals surface area contributed by atoms with Crippen LogP contribution in [0.15, 0.2) is 71.5 Å². The first-order chi connectivity index (χ1) is 20.5. The van der Waals surface area contributed by atoms with E-state index >= 15 is 0 Å². The van der Waals surface area contributed by atoms with Gasteiger partial charge < -0.3 is 5.73 Å². The Morgan fingerprint density at radius 2 is 1.79 bits per heavy atom. The van der Waals surface area contributed by atoms with E-state index in [1.54, 1.807) is 41.1 Å². The molecule has 2 aromatic heterocycles. The van der Waals surface area contributed by atoms with E-state index in [0.29, 0.717) is 31.1 Å². The summed E-state index contributed by atoms with van der Waals surface area (Å²) in [4.78, 5) is 25.4. The van der Waals surface area contributed by atoms with Gasteiger partial charge in [0.1, 0.15) is 0 Å². The van der Waals surface area contributed by atoms with E-state index in [0.717, 1.165) is 20.4 Å². The SMILES string of the molecule is NC(=O)c1ccc2c(Cn3nc(-c4ccc(C5C[I-]5)cc4)n(C[C@H](O)C(F)(F)F)c3=O)nn(Cc3ccccc3Cl)c2c1. The van der Waals surface area contributed by atoms with Gasteiger partial charge in [0.15, 0.2) is 0 Å². The number of aromatic nitrogens is 5. The van der Waals surface area contributed by atoms with Crippen molar-refractivity contribution < 1.29 is 44.3 Å². The number of halogens is 5. The Morgan fingerprint density at radius 3 is 2.44 bits per heavy atom. The van der Waals surface area contributed by atoms with E-state index in [2.05, 4.69) is 10.2 Å². The third-order valence-electron chi connectivity index (χ3n) is 7.19. The van der Waals surface area contributed by atoms with Gasteiger partial charge >= 0.3 is 172 Å². The molecule has 43 heavy (non-hydrogen) atoms. The number of carbonyl (C=O) groups is 1. The van der Waals surface area contributed by atoms with Crippen LogP contribution in [-0.2, 0) is 19.6 Å². The van der Waals surface area contributed by atoms with Gasteiger partial charge in [-0.05, 0) is 23.8 Å². The summed E-state index contributed by atoms with van der Waals surface area (Å²) in [5.74, 6) is -0.632. The predicted octanol–water partition coefficient (Wildman–Crippen LogP) is 0.977. The number of primary amides is 1. The van der Waals surface area contributed by atoms with Crippen molar-refractivity contribution in [2.75, 3.05) is 4.43 Å². The number of benzene rings is 3. The predicted molar refractivity (Wildman–Crippen MR) is 149 cm³/mol. The van der Waals surface area contributed by atoms with Crippen molar-refractivity contribution in [2.45, 2.75) is 35.8 Å². The first-order valence-corrected chi connectivity index (χ1v) is 16.3. The molecule has 1 unspecified atom stereocenters. The third-order valence-corrected chi connectivity index (χ3v) is 10.0. The van der Waals surface area contributed by atoms with Crippen LogP contribution in [0, 0.1) is 0 Å². The molecular formula is C29H24ClF3IN6O3-. The first-order valence-electron chi connectivity index (χ1n) is 13.1. The molecule has 0 bridgehead atoms. The molecule has 3 N–H and O–H groups in total. The van der Waals surface area contributed by atoms with Gasteiger partial charge in [0, 0.05) is 10.6 Å². The van der Waals surface area contributed by atoms with Gasteiger partial charge in [0.05, 0.1) is 6.54 Å². The summed E-state index contributed by atoms with van der Waals surface area (Å²) in [6.45, 7) is -0.967. The Hall–Kier alpha value is -3.69. The number of rotatable bonds is 9. The quantitative estimate of drug-likeness (QED) is 0.174. The monoisotopic (exact) mass is 723 g/mol. The fourth-order valence-electron chi connectivity index (χ4n) is 4.83. The second kappa shape index (κ2) is 11.4. The molecule has 6 rings (SSSR count). The summed E-state index contributed by atoms with van der Waals surface area (Å²) >= 11 is 6.53. The summed E-state index contributed by atoms with van der Waals surface area (Å²) in [7, 11) is 0. The number of aliphatic hydroxyl groups is 1. The molecule has 1 aliphatic rings. The summed E-state index contributed by atoms with van der Waals surface area (Å²) in [5, 5.41) is 20.0. The van der Waals surface area contributed by atoms with E-state index in [1.807, 2.05) is 24.3 Å². The van der Waals surface area contributed by atoms with E-state index in [9.17, 15) is 27.9 Å². The fourth-order valence-corrected chi connectivity index (χ4v) is 6.71. The molecule has 9 nitrogen and oxygen atoms in total. The number of hydrogen-bond donors (Lipinski definition) is 2. The van der Waals surface area contributed by atoms with Crippen molar-refractivity contribution in [1.82, 2.24) is 24.1 Å². The van der Waals surface area contributed by atoms with E-state index in [-0.39, 0.29) is 45.7 Å². The average Bonchev–Trinajstić information content (AvgIpc) is 3.72. The molecule has 0 saturated carbocycles. The maximum atomic E-state index is 13.5. The first kappa shape index (κ1) is 29.4. The molecule has 224 valence electrons. The van der Waals surface area contributed by atoms with Crippen molar-refractivity contribution in [1.29, 1.82) is 0 Å². The molecular weight excluding hydrogens is 700 g/mol. The second-order valence-electron chi connectivity index (χ2n) is 10.1. The van der Waals surface area contributed by atoms with Crippen LogP contribution in [0.25, 0.3) is 22.3 Å². The minimum Gasteiger partial charge on any atom is -0.0840 e. The normalized spacial score (nSPS) is 15.8. The van der Waals surface area contributed by atoms with Crippen molar-refractivity contribution in [3.05, 3.63) is 105 Å². The van der Waals surface area contributed by atoms with Crippen molar-refractivity contribution in [3.63, 3.8) is 0 Å². The van der Waals surface area contributed by atoms with Crippen LogP contribution in [0.4, 0.5) is 13.2 Å². The van der Waals surface area contributed by atoms with Gasteiger partial charge in [-0.2, -0.15) is 0 Å². The standard InChI is InChI=1S/C29H24ClF3IN6O3/c30-21-4-2-1-3-19(21)13-39-24-11-18(26(35)42)9-10-20(24)23(36-39)14-40-28(43)38(15-25(41)29(31,32)33)27(37-40)17-7-5-16(6-8-17)22-12-34-22/h1-11,22,25,41H,12-15H2,(H2,35,42)/q-1/t22?,25-/m0/s1. The van der Waals surface area contributed by atoms with Crippen LogP contribution in [0.3, 0.4) is 0 Å². The van der Waals surface area contributed by atoms with Crippen molar-refractivity contribution in [2.24, 2.45) is 5.73 Å². The molecule has 0 spiro atoms. The summed E-state index contributed by atoms with van der Waals surface area (Å²) in [6, 6.07) is 19.2. The molecule has 3 heterocycles. The zero-order chi connectivity index (χ0) is 30.5. The molecule has 0 radical (unpaired) electrons. The van der Waals surface area contributed by atoms with Gasteiger partial charge in [-0.15, -0.1) is 0 Å². The Morgan fingerprint density at radius 1 is 1.07 bits per heavy atom. The average molecular weight is 724 g/mol.